The molecule has 2 rings (SSSR count). The molecule has 1 saturated heterocycles. The second-order valence-electron chi connectivity index (χ2n) is 6.43. The number of carbonyl (C=O) groups excluding carboxylic acids is 3. The number of ether oxygens (including phenoxy) is 2. The molecule has 1 amide bonds. The van der Waals surface area contributed by atoms with E-state index in [1.54, 1.807) is 6.92 Å². The van der Waals surface area contributed by atoms with Crippen LogP contribution in [0.1, 0.15) is 31.7 Å². The Bertz CT molecular complexity index is 709. The molecule has 0 radical (unpaired) electrons. The van der Waals surface area contributed by atoms with Crippen LogP contribution in [0.3, 0.4) is 0 Å². The maximum atomic E-state index is 14.0. The van der Waals surface area contributed by atoms with Crippen LogP contribution >= 0.6 is 0 Å². The molecule has 1 aromatic carbocycles. The number of benzene rings is 1. The minimum absolute atomic E-state index is 0.0435. The average molecular weight is 383 g/mol. The number of Topliss-reactive ketones (excluding diaryl/α,β-unsaturated/α-hetero) is 1. The molecule has 0 aromatic heterocycles. The molecule has 1 aromatic rings. The number of halogens is 2. The van der Waals surface area contributed by atoms with Crippen LogP contribution in [0.4, 0.5) is 13.6 Å². The Morgan fingerprint density at radius 1 is 1.26 bits per heavy atom. The predicted molar refractivity (Wildman–Crippen MR) is 91.9 cm³/mol. The Hall–Kier alpha value is -2.51. The normalized spacial score (nSPS) is 19.5. The van der Waals surface area contributed by atoms with Gasteiger partial charge in [0.1, 0.15) is 23.8 Å². The van der Waals surface area contributed by atoms with Crippen molar-refractivity contribution in [1.82, 2.24) is 4.90 Å². The standard InChI is InChI=1S/C19H23F2NO5/c1-3-27-18(24)11-17(23)12-6-7-22(19(25)26-2)15(9-12)10-13-8-14(20)4-5-16(13)21/h4-5,8,12,15H,3,6-7,9-11H2,1-2H3. The Morgan fingerprint density at radius 3 is 2.67 bits per heavy atom. The lowest BCUT2D eigenvalue weighted by molar-refractivity contribution is -0.146. The molecule has 8 heteroatoms. The zero-order valence-electron chi connectivity index (χ0n) is 15.4. The van der Waals surface area contributed by atoms with Gasteiger partial charge in [-0.2, -0.15) is 0 Å². The molecule has 0 N–H and O–H groups in total. The van der Waals surface area contributed by atoms with E-state index in [-0.39, 0.29) is 43.8 Å². The number of likely N-dealkylation sites (tertiary alicyclic amines) is 1. The number of rotatable bonds is 6. The molecule has 6 nitrogen and oxygen atoms in total. The first-order valence-electron chi connectivity index (χ1n) is 8.82. The molecular formula is C19H23F2NO5. The van der Waals surface area contributed by atoms with Crippen molar-refractivity contribution >= 4 is 17.8 Å². The maximum Gasteiger partial charge on any atom is 0.409 e. The van der Waals surface area contributed by atoms with E-state index in [4.69, 9.17) is 9.47 Å². The van der Waals surface area contributed by atoms with Crippen LogP contribution in [0.25, 0.3) is 0 Å². The van der Waals surface area contributed by atoms with Crippen molar-refractivity contribution in [2.75, 3.05) is 20.3 Å². The molecule has 1 aliphatic rings. The number of methoxy groups -OCH3 is 1. The van der Waals surface area contributed by atoms with Crippen LogP contribution in [-0.2, 0) is 25.5 Å². The third kappa shape index (κ3) is 5.48. The van der Waals surface area contributed by atoms with E-state index < -0.39 is 35.7 Å². The van der Waals surface area contributed by atoms with Crippen LogP contribution in [0.5, 0.6) is 0 Å². The smallest absolute Gasteiger partial charge is 0.409 e. The lowest BCUT2D eigenvalue weighted by Gasteiger charge is -2.38. The summed E-state index contributed by atoms with van der Waals surface area (Å²) in [6.45, 7) is 2.07. The maximum absolute atomic E-state index is 14.0. The molecule has 27 heavy (non-hydrogen) atoms. The molecule has 2 atom stereocenters. The van der Waals surface area contributed by atoms with Gasteiger partial charge in [0.05, 0.1) is 13.7 Å². The number of amides is 1. The van der Waals surface area contributed by atoms with E-state index >= 15 is 0 Å². The van der Waals surface area contributed by atoms with Gasteiger partial charge < -0.3 is 14.4 Å². The number of hydrogen-bond donors (Lipinski definition) is 0. The van der Waals surface area contributed by atoms with Crippen molar-refractivity contribution in [3.63, 3.8) is 0 Å². The number of esters is 1. The Balaban J connectivity index is 2.15. The second-order valence-corrected chi connectivity index (χ2v) is 6.43. The summed E-state index contributed by atoms with van der Waals surface area (Å²) in [5.74, 6) is -2.49. The third-order valence-corrected chi connectivity index (χ3v) is 4.67. The SMILES string of the molecule is CCOC(=O)CC(=O)C1CCN(C(=O)OC)C(Cc2cc(F)ccc2F)C1. The van der Waals surface area contributed by atoms with Crippen LogP contribution in [0.15, 0.2) is 18.2 Å². The minimum Gasteiger partial charge on any atom is -0.466 e. The van der Waals surface area contributed by atoms with E-state index in [1.165, 1.54) is 12.0 Å². The van der Waals surface area contributed by atoms with Gasteiger partial charge in [-0.3, -0.25) is 9.59 Å². The number of nitrogens with zero attached hydrogens (tertiary/aromatic N) is 1. The lowest BCUT2D eigenvalue weighted by atomic mass is 9.84. The summed E-state index contributed by atoms with van der Waals surface area (Å²) in [5, 5.41) is 0. The van der Waals surface area contributed by atoms with Gasteiger partial charge in [-0.1, -0.05) is 0 Å². The van der Waals surface area contributed by atoms with E-state index in [0.717, 1.165) is 18.2 Å². The summed E-state index contributed by atoms with van der Waals surface area (Å²) in [6, 6.07) is 2.58. The molecule has 0 aliphatic carbocycles. The number of carbonyl (C=O) groups is 3. The molecule has 2 unspecified atom stereocenters. The van der Waals surface area contributed by atoms with E-state index in [0.29, 0.717) is 6.42 Å². The molecule has 1 fully saturated rings. The van der Waals surface area contributed by atoms with Gasteiger partial charge in [0.2, 0.25) is 0 Å². The van der Waals surface area contributed by atoms with E-state index in [1.807, 2.05) is 0 Å². The third-order valence-electron chi connectivity index (χ3n) is 4.67. The fourth-order valence-corrected chi connectivity index (χ4v) is 3.35. The van der Waals surface area contributed by atoms with Crippen LogP contribution in [0, 0.1) is 17.6 Å². The summed E-state index contributed by atoms with van der Waals surface area (Å²) < 4.78 is 37.0. The number of ketones is 1. The first kappa shape index (κ1) is 20.8. The fourth-order valence-electron chi connectivity index (χ4n) is 3.35. The predicted octanol–water partition coefficient (Wildman–Crippen LogP) is 2.88. The van der Waals surface area contributed by atoms with E-state index in [2.05, 4.69) is 0 Å². The summed E-state index contributed by atoms with van der Waals surface area (Å²) >= 11 is 0. The first-order chi connectivity index (χ1) is 12.8. The van der Waals surface area contributed by atoms with Gasteiger partial charge in [0.25, 0.3) is 0 Å². The number of hydrogen-bond acceptors (Lipinski definition) is 5. The van der Waals surface area contributed by atoms with Crippen molar-refractivity contribution in [2.45, 2.75) is 38.6 Å². The van der Waals surface area contributed by atoms with Gasteiger partial charge in [0, 0.05) is 18.5 Å². The van der Waals surface area contributed by atoms with Crippen molar-refractivity contribution in [1.29, 1.82) is 0 Å². The van der Waals surface area contributed by atoms with Crippen LogP contribution in [-0.4, -0.2) is 49.0 Å². The summed E-state index contributed by atoms with van der Waals surface area (Å²) in [7, 11) is 1.24. The highest BCUT2D eigenvalue weighted by atomic mass is 19.1. The topological polar surface area (TPSA) is 72.9 Å². The van der Waals surface area contributed by atoms with Gasteiger partial charge >= 0.3 is 12.1 Å². The fraction of sp³-hybridized carbons (Fsp3) is 0.526. The average Bonchev–Trinajstić information content (AvgIpc) is 2.64. The summed E-state index contributed by atoms with van der Waals surface area (Å²) in [5.41, 5.74) is 0.118. The largest absolute Gasteiger partial charge is 0.466 e. The quantitative estimate of drug-likeness (QED) is 0.558. The highest BCUT2D eigenvalue weighted by molar-refractivity contribution is 5.96. The summed E-state index contributed by atoms with van der Waals surface area (Å²) in [6.07, 6.45) is -0.272. The zero-order valence-corrected chi connectivity index (χ0v) is 15.4. The van der Waals surface area contributed by atoms with Gasteiger partial charge in [0.15, 0.2) is 0 Å². The Labute approximate surface area is 156 Å². The Morgan fingerprint density at radius 2 is 2.00 bits per heavy atom. The zero-order chi connectivity index (χ0) is 20.0. The van der Waals surface area contributed by atoms with Crippen molar-refractivity contribution < 1.29 is 32.6 Å². The minimum atomic E-state index is -0.592. The van der Waals surface area contributed by atoms with Crippen LogP contribution in [0.2, 0.25) is 0 Å². The molecule has 0 saturated carbocycles. The van der Waals surface area contributed by atoms with Crippen molar-refractivity contribution in [2.24, 2.45) is 5.92 Å². The molecular weight excluding hydrogens is 360 g/mol. The Kier molecular flexibility index (Phi) is 7.27. The molecule has 148 valence electrons. The highest BCUT2D eigenvalue weighted by Crippen LogP contribution is 2.28. The first-order valence-corrected chi connectivity index (χ1v) is 8.82. The van der Waals surface area contributed by atoms with Crippen molar-refractivity contribution in [3.05, 3.63) is 35.4 Å². The number of piperidine rings is 1. The lowest BCUT2D eigenvalue weighted by Crippen LogP contribution is -2.48. The van der Waals surface area contributed by atoms with Gasteiger partial charge in [-0.25, -0.2) is 13.6 Å². The molecule has 0 bridgehead atoms. The monoisotopic (exact) mass is 383 g/mol. The second kappa shape index (κ2) is 9.43. The van der Waals surface area contributed by atoms with Crippen LogP contribution < -0.4 is 0 Å². The van der Waals surface area contributed by atoms with Gasteiger partial charge in [-0.05, 0) is 49.9 Å². The van der Waals surface area contributed by atoms with E-state index in [9.17, 15) is 23.2 Å². The summed E-state index contributed by atoms with van der Waals surface area (Å²) in [4.78, 5) is 37.4. The molecule has 0 spiro atoms. The highest BCUT2D eigenvalue weighted by Gasteiger charge is 2.36. The van der Waals surface area contributed by atoms with Gasteiger partial charge in [-0.15, -0.1) is 0 Å². The molecule has 1 heterocycles. The molecule has 1 aliphatic heterocycles. The van der Waals surface area contributed by atoms with Crippen molar-refractivity contribution in [3.8, 4) is 0 Å².